The number of aromatic nitrogens is 3. The van der Waals surface area contributed by atoms with Gasteiger partial charge in [0.2, 0.25) is 0 Å². The number of nitrogens with zero attached hydrogens (tertiary/aromatic N) is 3. The van der Waals surface area contributed by atoms with Gasteiger partial charge in [0.15, 0.2) is 0 Å². The van der Waals surface area contributed by atoms with Gasteiger partial charge in [0.05, 0.1) is 26.5 Å². The van der Waals surface area contributed by atoms with E-state index < -0.39 is 0 Å². The van der Waals surface area contributed by atoms with Crippen LogP contribution in [0.3, 0.4) is 0 Å². The number of hydrogen-bond acceptors (Lipinski definition) is 6. The number of aliphatic hydroxyl groups is 1. The normalized spacial score (nSPS) is 10.8. The van der Waals surface area contributed by atoms with Gasteiger partial charge in [0.1, 0.15) is 11.4 Å². The van der Waals surface area contributed by atoms with Crippen molar-refractivity contribution in [1.82, 2.24) is 19.7 Å². The van der Waals surface area contributed by atoms with E-state index in [-0.39, 0.29) is 6.61 Å². The summed E-state index contributed by atoms with van der Waals surface area (Å²) in [6.45, 7) is 1.35. The predicted molar refractivity (Wildman–Crippen MR) is 98.5 cm³/mol. The van der Waals surface area contributed by atoms with E-state index in [1.54, 1.807) is 7.11 Å². The Balaban J connectivity index is 1.64. The van der Waals surface area contributed by atoms with E-state index in [0.29, 0.717) is 13.1 Å². The van der Waals surface area contributed by atoms with Crippen LogP contribution in [0.4, 0.5) is 0 Å². The Kier molecular flexibility index (Phi) is 6.05. The molecule has 0 radical (unpaired) electrons. The van der Waals surface area contributed by atoms with Crippen LogP contribution in [-0.4, -0.2) is 40.4 Å². The lowest BCUT2D eigenvalue weighted by Gasteiger charge is -2.03. The standard InChI is InChI=1S/C18H20N4O2S/c1-24-16-6-2-14(3-7-16)12-22-13-18(20-21-22)15-4-8-17(9-5-15)25-19-10-11-23/h2-9,13,19,23H,10-12H2,1H3. The fourth-order valence-electron chi connectivity index (χ4n) is 2.30. The third kappa shape index (κ3) is 4.82. The number of aliphatic hydroxyl groups excluding tert-OH is 1. The van der Waals surface area contributed by atoms with Gasteiger partial charge in [-0.15, -0.1) is 5.10 Å². The van der Waals surface area contributed by atoms with E-state index in [1.165, 1.54) is 11.9 Å². The second-order valence-electron chi connectivity index (χ2n) is 5.39. The summed E-state index contributed by atoms with van der Waals surface area (Å²) < 4.78 is 10.1. The van der Waals surface area contributed by atoms with Crippen molar-refractivity contribution in [2.75, 3.05) is 20.3 Å². The van der Waals surface area contributed by atoms with Gasteiger partial charge in [-0.2, -0.15) is 0 Å². The zero-order chi connectivity index (χ0) is 17.5. The molecule has 3 rings (SSSR count). The first kappa shape index (κ1) is 17.5. The van der Waals surface area contributed by atoms with E-state index in [2.05, 4.69) is 15.0 Å². The monoisotopic (exact) mass is 356 g/mol. The van der Waals surface area contributed by atoms with Crippen LogP contribution in [0.25, 0.3) is 11.3 Å². The molecule has 0 spiro atoms. The number of nitrogens with one attached hydrogen (secondary N) is 1. The Morgan fingerprint density at radius 1 is 1.12 bits per heavy atom. The molecule has 0 aliphatic heterocycles. The van der Waals surface area contributed by atoms with Crippen LogP contribution in [-0.2, 0) is 6.54 Å². The maximum absolute atomic E-state index is 8.77. The van der Waals surface area contributed by atoms with E-state index >= 15 is 0 Å². The quantitative estimate of drug-likeness (QED) is 0.477. The molecule has 7 heteroatoms. The summed E-state index contributed by atoms with van der Waals surface area (Å²) in [4.78, 5) is 1.09. The average molecular weight is 356 g/mol. The fraction of sp³-hybridized carbons (Fsp3) is 0.222. The fourth-order valence-corrected chi connectivity index (χ4v) is 2.93. The van der Waals surface area contributed by atoms with Crippen LogP contribution in [0.15, 0.2) is 59.6 Å². The van der Waals surface area contributed by atoms with Gasteiger partial charge in [0.25, 0.3) is 0 Å². The summed E-state index contributed by atoms with van der Waals surface area (Å²) in [6, 6.07) is 16.0. The molecule has 2 N–H and O–H groups in total. The van der Waals surface area contributed by atoms with Crippen molar-refractivity contribution in [3.63, 3.8) is 0 Å². The molecular formula is C18H20N4O2S. The molecule has 0 saturated carbocycles. The summed E-state index contributed by atoms with van der Waals surface area (Å²) in [7, 11) is 1.66. The molecule has 1 aromatic heterocycles. The average Bonchev–Trinajstić information content (AvgIpc) is 3.12. The second kappa shape index (κ2) is 8.66. The number of rotatable bonds is 8. The Bertz CT molecular complexity index is 788. The summed E-state index contributed by atoms with van der Waals surface area (Å²) in [5, 5.41) is 17.2. The van der Waals surface area contributed by atoms with Crippen molar-refractivity contribution in [1.29, 1.82) is 0 Å². The predicted octanol–water partition coefficient (Wildman–Crippen LogP) is 2.59. The molecule has 0 unspecified atom stereocenters. The highest BCUT2D eigenvalue weighted by Gasteiger charge is 2.05. The Hall–Kier alpha value is -2.35. The minimum Gasteiger partial charge on any atom is -0.497 e. The van der Waals surface area contributed by atoms with E-state index in [1.807, 2.05) is 59.4 Å². The molecule has 0 fully saturated rings. The summed E-state index contributed by atoms with van der Waals surface area (Å²) in [5.41, 5.74) is 3.00. The molecular weight excluding hydrogens is 336 g/mol. The molecule has 0 bridgehead atoms. The number of hydrogen-bond donors (Lipinski definition) is 2. The minimum atomic E-state index is 0.127. The highest BCUT2D eigenvalue weighted by Crippen LogP contribution is 2.21. The second-order valence-corrected chi connectivity index (χ2v) is 6.36. The van der Waals surface area contributed by atoms with E-state index in [9.17, 15) is 0 Å². The number of methoxy groups -OCH3 is 1. The Labute approximate surface area is 151 Å². The third-order valence-electron chi connectivity index (χ3n) is 3.60. The SMILES string of the molecule is COc1ccc(Cn2cc(-c3ccc(SNCCO)cc3)nn2)cc1. The van der Waals surface area contributed by atoms with Crippen LogP contribution in [0.5, 0.6) is 5.75 Å². The molecule has 0 saturated heterocycles. The van der Waals surface area contributed by atoms with Crippen molar-refractivity contribution >= 4 is 11.9 Å². The zero-order valence-electron chi connectivity index (χ0n) is 13.9. The van der Waals surface area contributed by atoms with Crippen LogP contribution in [0.2, 0.25) is 0 Å². The van der Waals surface area contributed by atoms with Gasteiger partial charge in [-0.1, -0.05) is 29.5 Å². The molecule has 3 aromatic rings. The molecule has 1 heterocycles. The zero-order valence-corrected chi connectivity index (χ0v) is 14.7. The maximum atomic E-state index is 8.77. The first-order chi connectivity index (χ1) is 12.3. The molecule has 25 heavy (non-hydrogen) atoms. The van der Waals surface area contributed by atoms with Gasteiger partial charge in [0, 0.05) is 17.0 Å². The van der Waals surface area contributed by atoms with Crippen molar-refractivity contribution < 1.29 is 9.84 Å². The van der Waals surface area contributed by atoms with Crippen molar-refractivity contribution in [3.8, 4) is 17.0 Å². The first-order valence-electron chi connectivity index (χ1n) is 7.92. The van der Waals surface area contributed by atoms with E-state index in [4.69, 9.17) is 9.84 Å². The first-order valence-corrected chi connectivity index (χ1v) is 8.74. The third-order valence-corrected chi connectivity index (χ3v) is 4.45. The maximum Gasteiger partial charge on any atom is 0.118 e. The molecule has 0 amide bonds. The molecule has 0 atom stereocenters. The molecule has 0 aliphatic carbocycles. The summed E-state index contributed by atoms with van der Waals surface area (Å²) >= 11 is 1.50. The molecule has 130 valence electrons. The van der Waals surface area contributed by atoms with Crippen LogP contribution < -0.4 is 9.46 Å². The largest absolute Gasteiger partial charge is 0.497 e. The van der Waals surface area contributed by atoms with Gasteiger partial charge in [-0.05, 0) is 41.8 Å². The Morgan fingerprint density at radius 3 is 2.56 bits per heavy atom. The van der Waals surface area contributed by atoms with Crippen LogP contribution >= 0.6 is 11.9 Å². The molecule has 6 nitrogen and oxygen atoms in total. The minimum absolute atomic E-state index is 0.127. The van der Waals surface area contributed by atoms with Crippen LogP contribution in [0, 0.1) is 0 Å². The topological polar surface area (TPSA) is 72.2 Å². The van der Waals surface area contributed by atoms with Crippen molar-refractivity contribution in [3.05, 3.63) is 60.3 Å². The van der Waals surface area contributed by atoms with Crippen molar-refractivity contribution in [2.45, 2.75) is 11.4 Å². The van der Waals surface area contributed by atoms with Crippen molar-refractivity contribution in [2.24, 2.45) is 0 Å². The molecule has 2 aromatic carbocycles. The van der Waals surface area contributed by atoms with Crippen LogP contribution in [0.1, 0.15) is 5.56 Å². The van der Waals surface area contributed by atoms with Gasteiger partial charge >= 0.3 is 0 Å². The number of ether oxygens (including phenoxy) is 1. The smallest absolute Gasteiger partial charge is 0.118 e. The lowest BCUT2D eigenvalue weighted by Crippen LogP contribution is -2.08. The number of benzene rings is 2. The lowest BCUT2D eigenvalue weighted by molar-refractivity contribution is 0.302. The van der Waals surface area contributed by atoms with Gasteiger partial charge in [-0.25, -0.2) is 4.68 Å². The summed E-state index contributed by atoms with van der Waals surface area (Å²) in [6.07, 6.45) is 1.94. The molecule has 0 aliphatic rings. The summed E-state index contributed by atoms with van der Waals surface area (Å²) in [5.74, 6) is 0.842. The highest BCUT2D eigenvalue weighted by atomic mass is 32.2. The van der Waals surface area contributed by atoms with Gasteiger partial charge < -0.3 is 9.84 Å². The highest BCUT2D eigenvalue weighted by molar-refractivity contribution is 7.97. The van der Waals surface area contributed by atoms with Gasteiger partial charge in [-0.3, -0.25) is 4.72 Å². The van der Waals surface area contributed by atoms with E-state index in [0.717, 1.165) is 27.5 Å². The lowest BCUT2D eigenvalue weighted by atomic mass is 10.2. The Morgan fingerprint density at radius 2 is 1.88 bits per heavy atom.